The van der Waals surface area contributed by atoms with Gasteiger partial charge in [0, 0.05) is 18.7 Å². The average molecular weight is 3720 g/mol. The van der Waals surface area contributed by atoms with Gasteiger partial charge in [0.05, 0.1) is 0 Å². The lowest BCUT2D eigenvalue weighted by Gasteiger charge is -2.42. The van der Waals surface area contributed by atoms with Crippen molar-refractivity contribution in [2.24, 2.45) is 0 Å². The van der Waals surface area contributed by atoms with E-state index in [9.17, 15) is 9.59 Å². The van der Waals surface area contributed by atoms with E-state index in [2.05, 4.69) is 578 Å². The van der Waals surface area contributed by atoms with E-state index in [1.807, 2.05) is 19.1 Å². The fourth-order valence-electron chi connectivity index (χ4n) is 9.42. The molecule has 0 spiro atoms. The van der Waals surface area contributed by atoms with Gasteiger partial charge < -0.3 is 57.6 Å². The van der Waals surface area contributed by atoms with Crippen molar-refractivity contribution in [3.63, 3.8) is 0 Å². The van der Waals surface area contributed by atoms with Crippen LogP contribution in [0.5, 0.6) is 0 Å². The van der Waals surface area contributed by atoms with Crippen LogP contribution in [-0.2, 0) is 67.2 Å². The Balaban J connectivity index is -0.0000000511. The summed E-state index contributed by atoms with van der Waals surface area (Å²) in [7, 11) is -16.5. The monoisotopic (exact) mass is 3720 g/mol. The Morgan fingerprint density at radius 1 is 0.250 bits per heavy atom. The minimum Gasteiger partial charge on any atom is -0.437 e. The van der Waals surface area contributed by atoms with E-state index in [-0.39, 0.29) is 145 Å². The van der Waals surface area contributed by atoms with Gasteiger partial charge in [0.2, 0.25) is 34.9 Å². The van der Waals surface area contributed by atoms with Crippen molar-refractivity contribution in [3.8, 4) is 0 Å². The van der Waals surface area contributed by atoms with Crippen LogP contribution in [0.2, 0.25) is 203 Å². The Morgan fingerprint density at radius 2 is 0.458 bits per heavy atom. The molecule has 0 saturated heterocycles. The molecule has 0 aromatic heterocycles. The Labute approximate surface area is 961 Å². The molecule has 0 saturated carbocycles. The maximum absolute atomic E-state index is 10.9. The molecule has 0 N–H and O–H groups in total. The maximum atomic E-state index is 10.9. The van der Waals surface area contributed by atoms with E-state index in [1.165, 1.54) is 17.1 Å². The number of halogens is 15. The predicted octanol–water partition coefficient (Wildman–Crippen LogP) is 37.1. The highest BCUT2D eigenvalue weighted by Crippen LogP contribution is 2.41. The van der Waals surface area contributed by atoms with Crippen molar-refractivity contribution < 1.29 is 67.2 Å². The Kier molecular flexibility index (Phi) is 117. The molecular weight excluding hydrogens is 3540 g/mol. The molecule has 2 aromatic carbocycles. The number of unbranched alkanes of at least 4 members (excludes halogenated alkanes) is 1. The van der Waals surface area contributed by atoms with Gasteiger partial charge in [-0.25, -0.2) is 0 Å². The number of benzene rings is 2. The molecule has 1 heterocycles. The van der Waals surface area contributed by atoms with Crippen molar-refractivity contribution >= 4 is 472 Å². The van der Waals surface area contributed by atoms with Gasteiger partial charge in [-0.1, -0.05) is 535 Å². The third-order valence-electron chi connectivity index (χ3n) is 10.1. The van der Waals surface area contributed by atoms with Gasteiger partial charge in [0.25, 0.3) is 11.8 Å². The topological polar surface area (TPSA) is 167 Å². The van der Waals surface area contributed by atoms with Crippen LogP contribution >= 0.6 is 327 Å². The molecule has 744 valence electrons. The second-order valence-corrected chi connectivity index (χ2v) is 218. The molecule has 1 aliphatic heterocycles. The van der Waals surface area contributed by atoms with Crippen LogP contribution in [-0.4, -0.2) is 146 Å². The largest absolute Gasteiger partial charge is 0.437 e. The number of nitrogens with zero attached hydrogens (tertiary/aromatic N) is 1. The standard InChI is InChI=1S/C18H28I2O3Si4.C9H27IO3Si4.C8H11NO2.C7H21I3O3Si4.C6H18I2O2Si3.C3H9I7O3Si4.18CH4/c1-24(2,19)21-26(5,6)23-27(22-25(3,4)20,17-13-9-7-10-14-17)18-15-11-8-12-16-18;1-14(2,3)11-16(7,8)13-17(9,10)12-15(4,5)6;1-2-3-6-9-7(10)4-5-8(9)11;1-14(2,8)11-16(5,6)13-17(7,10)12-15(3,4)9;1-11(2,7)9-13(5,6)10-12(3,4)8;1-14(2,12-16(5,6)7)11-15(3,4)13-17(8,9)10;;;;;;;;;;;;;;;;;;/h7-16H,1-6H3;1-9H3;4-5H,2-3,6H2,1H3;1-7H3;1-6H3;1-3H3;18*1H4. The van der Waals surface area contributed by atoms with E-state index in [4.69, 9.17) is 57.6 Å². The molecule has 120 heavy (non-hydrogen) atoms. The summed E-state index contributed by atoms with van der Waals surface area (Å²) in [5.74, 6) is -10.1. The van der Waals surface area contributed by atoms with E-state index in [1.54, 1.807) is 0 Å². The van der Waals surface area contributed by atoms with Gasteiger partial charge in [0.15, 0.2) is 16.6 Å². The number of rotatable bonds is 33. The molecule has 3 unspecified atom stereocenters. The second-order valence-electron chi connectivity index (χ2n) is 30.1. The first-order valence-electron chi connectivity index (χ1n) is 32.2. The highest BCUT2D eigenvalue weighted by molar-refractivity contribution is 14.4. The van der Waals surface area contributed by atoms with E-state index >= 15 is 0 Å². The number of carbonyl (C=O) groups excluding carboxylic acids is 2. The first-order valence-corrected chi connectivity index (χ1v) is 130. The Morgan fingerprint density at radius 3 is 0.683 bits per heavy atom. The number of amides is 2. The van der Waals surface area contributed by atoms with Crippen LogP contribution in [0.3, 0.4) is 0 Å². The summed E-state index contributed by atoms with van der Waals surface area (Å²) in [4.78, 5) is 23.1. The van der Waals surface area contributed by atoms with E-state index in [0.717, 1.165) is 23.2 Å². The van der Waals surface area contributed by atoms with Crippen LogP contribution < -0.4 is 10.4 Å². The average Bonchev–Trinajstić information content (AvgIpc) is 0.826. The molecule has 0 aliphatic carbocycles. The SMILES string of the molecule is C.C.C.C.C.C.C.C.C.C.C.C.C.C.C.C.C.C.CCCCN1C(=O)C=CC1=O.C[Si](C)(C)O[Si](C)(C)O[Si](C)(I)O[Si](C)(C)C.C[Si](C)(I)O[Si](C)(C)O[Si](C)(C)I.C[Si](C)(I)O[Si](C)(C)O[Si](C)(I)O[Si](C)(C)I.C[Si](C)(I)O[Si](C)(C)O[Si](O[Si](C)(C)I)(c1ccccc1)c1ccccc1.C[Si](C)(O[Si](I)(I)I)O[Si](C)(I)O[Si](I)(I)I. The van der Waals surface area contributed by atoms with Gasteiger partial charge >= 0.3 is 71.2 Å². The van der Waals surface area contributed by atoms with Gasteiger partial charge in [-0.15, -0.1) is 0 Å². The van der Waals surface area contributed by atoms with Crippen molar-refractivity contribution in [2.45, 2.75) is 356 Å². The maximum Gasteiger partial charge on any atom is 0.388 e. The van der Waals surface area contributed by atoms with Crippen molar-refractivity contribution in [2.75, 3.05) is 6.54 Å². The zero-order chi connectivity index (χ0) is 81.9. The third-order valence-corrected chi connectivity index (χ3v) is 97.1. The normalized spacial score (nSPS) is 13.8. The van der Waals surface area contributed by atoms with E-state index < -0.39 is 123 Å². The molecule has 17 nitrogen and oxygen atoms in total. The molecule has 1 aliphatic rings. The molecule has 0 fully saturated rings. The van der Waals surface area contributed by atoms with Gasteiger partial charge in [-0.3, -0.25) is 14.5 Å². The lowest BCUT2D eigenvalue weighted by Crippen LogP contribution is -2.70. The summed E-state index contributed by atoms with van der Waals surface area (Å²) in [6.45, 7) is 69.9. The van der Waals surface area contributed by atoms with Crippen LogP contribution in [0.15, 0.2) is 72.8 Å². The molecule has 3 rings (SSSR count). The Hall–Kier alpha value is 11.8. The van der Waals surface area contributed by atoms with E-state index in [0.29, 0.717) is 6.54 Å². The lowest BCUT2D eigenvalue weighted by atomic mass is 10.3. The zero-order valence-corrected chi connectivity index (χ0v) is 117. The van der Waals surface area contributed by atoms with Crippen LogP contribution in [0, 0.1) is 0 Å². The van der Waals surface area contributed by atoms with Gasteiger partial charge in [-0.05, 0) is 220 Å². The van der Waals surface area contributed by atoms with Crippen molar-refractivity contribution in [1.82, 2.24) is 4.90 Å². The van der Waals surface area contributed by atoms with Crippen LogP contribution in [0.25, 0.3) is 0 Å². The molecule has 0 bridgehead atoms. The molecule has 2 amide bonds. The number of hydrogen-bond donors (Lipinski definition) is 0. The predicted molar refractivity (Wildman–Crippen MR) is 731 cm³/mol. The van der Waals surface area contributed by atoms with Gasteiger partial charge in [-0.2, -0.15) is 0 Å². The quantitative estimate of drug-likeness (QED) is 0.0286. The fourth-order valence-corrected chi connectivity index (χ4v) is 165. The summed E-state index contributed by atoms with van der Waals surface area (Å²) in [6, 6.07) is 14.7. The molecule has 51 heteroatoms. The first-order chi connectivity index (χ1) is 44.4. The second kappa shape index (κ2) is 76.5. The minimum absolute atomic E-state index is 0. The molecule has 0 radical (unpaired) electrons. The number of imide groups is 1. The summed E-state index contributed by atoms with van der Waals surface area (Å²) in [6.07, 6.45) is 4.52. The molecular formula is C69H186I15NO16Si19. The number of carbonyl (C=O) groups is 2. The third kappa shape index (κ3) is 109. The zero-order valence-electron chi connectivity index (χ0n) is 65.2. The fraction of sp³-hybridized carbons (Fsp3) is 0.768. The summed E-state index contributed by atoms with van der Waals surface area (Å²) < 4.78 is 85.2. The highest BCUT2D eigenvalue weighted by Gasteiger charge is 2.53. The van der Waals surface area contributed by atoms with Crippen LogP contribution in [0.1, 0.15) is 153 Å². The smallest absolute Gasteiger partial charge is 0.388 e. The highest BCUT2D eigenvalue weighted by atomic mass is 127. The lowest BCUT2D eigenvalue weighted by molar-refractivity contribution is -0.136. The number of hydrogen-bond acceptors (Lipinski definition) is 16. The molecule has 3 atom stereocenters. The van der Waals surface area contributed by atoms with Crippen molar-refractivity contribution in [1.29, 1.82) is 0 Å². The first kappa shape index (κ1) is 184. The minimum atomic E-state index is -2.91. The van der Waals surface area contributed by atoms with Gasteiger partial charge in [0.1, 0.15) is 0 Å². The molecule has 2 aromatic rings. The Bertz CT molecular complexity index is 2570. The summed E-state index contributed by atoms with van der Waals surface area (Å²) >= 11 is 36.2. The van der Waals surface area contributed by atoms with Crippen LogP contribution in [0.4, 0.5) is 0 Å². The summed E-state index contributed by atoms with van der Waals surface area (Å²) in [5.41, 5.74) is 0. The summed E-state index contributed by atoms with van der Waals surface area (Å²) in [5, 5.41) is 2.29. The van der Waals surface area contributed by atoms with Crippen molar-refractivity contribution in [3.05, 3.63) is 72.8 Å².